The summed E-state index contributed by atoms with van der Waals surface area (Å²) in [4.78, 5) is 17.1. The maximum Gasteiger partial charge on any atom is 0.261 e. The van der Waals surface area contributed by atoms with Crippen molar-refractivity contribution in [1.29, 1.82) is 0 Å². The predicted molar refractivity (Wildman–Crippen MR) is 87.0 cm³/mol. The molecule has 7 heteroatoms. The Morgan fingerprint density at radius 1 is 1.32 bits per heavy atom. The second kappa shape index (κ2) is 6.29. The highest BCUT2D eigenvalue weighted by Gasteiger charge is 2.16. The van der Waals surface area contributed by atoms with Gasteiger partial charge >= 0.3 is 0 Å². The molecule has 1 amide bonds. The Morgan fingerprint density at radius 3 is 2.77 bits per heavy atom. The molecule has 0 aliphatic rings. The van der Waals surface area contributed by atoms with Crippen molar-refractivity contribution in [3.8, 4) is 11.4 Å². The number of benzene rings is 1. The number of thiophene rings is 1. The van der Waals surface area contributed by atoms with Crippen LogP contribution in [0, 0.1) is 0 Å². The fourth-order valence-electron chi connectivity index (χ4n) is 1.94. The number of nitrogens with one attached hydrogen (secondary N) is 2. The van der Waals surface area contributed by atoms with Gasteiger partial charge in [0.05, 0.1) is 10.9 Å². The average Bonchev–Trinajstić information content (AvgIpc) is 3.20. The van der Waals surface area contributed by atoms with Crippen molar-refractivity contribution in [1.82, 2.24) is 20.5 Å². The van der Waals surface area contributed by atoms with Gasteiger partial charge in [-0.3, -0.25) is 9.89 Å². The van der Waals surface area contributed by atoms with E-state index < -0.39 is 0 Å². The van der Waals surface area contributed by atoms with E-state index in [1.165, 1.54) is 11.3 Å². The Morgan fingerprint density at radius 2 is 2.09 bits per heavy atom. The SMILES string of the molecule is C[C@H](NC(=O)c1cccs1)c1nc(-c2ccc(Cl)cc2)n[nH]1. The molecule has 0 bridgehead atoms. The molecule has 0 fully saturated rings. The number of carbonyl (C=O) groups excluding carboxylic acids is 1. The van der Waals surface area contributed by atoms with E-state index in [0.29, 0.717) is 21.5 Å². The molecule has 22 heavy (non-hydrogen) atoms. The quantitative estimate of drug-likeness (QED) is 0.765. The normalized spacial score (nSPS) is 12.1. The highest BCUT2D eigenvalue weighted by Crippen LogP contribution is 2.19. The van der Waals surface area contributed by atoms with Crippen LogP contribution in [0.25, 0.3) is 11.4 Å². The minimum atomic E-state index is -0.261. The topological polar surface area (TPSA) is 70.7 Å². The zero-order chi connectivity index (χ0) is 15.5. The molecular formula is C15H13ClN4OS. The van der Waals surface area contributed by atoms with E-state index in [4.69, 9.17) is 11.6 Å². The Balaban J connectivity index is 1.73. The van der Waals surface area contributed by atoms with Gasteiger partial charge in [-0.15, -0.1) is 11.3 Å². The van der Waals surface area contributed by atoms with Crippen LogP contribution in [0.1, 0.15) is 28.5 Å². The Labute approximate surface area is 136 Å². The first kappa shape index (κ1) is 14.7. The summed E-state index contributed by atoms with van der Waals surface area (Å²) in [5, 5.41) is 12.5. The molecule has 0 aliphatic heterocycles. The zero-order valence-electron chi connectivity index (χ0n) is 11.7. The van der Waals surface area contributed by atoms with E-state index >= 15 is 0 Å². The number of carbonyl (C=O) groups is 1. The second-order valence-electron chi connectivity index (χ2n) is 4.72. The van der Waals surface area contributed by atoms with Gasteiger partial charge in [-0.05, 0) is 42.6 Å². The van der Waals surface area contributed by atoms with Crippen LogP contribution < -0.4 is 5.32 Å². The standard InChI is InChI=1S/C15H13ClN4OS/c1-9(17-15(21)12-3-2-8-22-12)13-18-14(20-19-13)10-4-6-11(16)7-5-10/h2-9H,1H3,(H,17,21)(H,18,19,20)/t9-/m0/s1. The van der Waals surface area contributed by atoms with E-state index in [9.17, 15) is 4.79 Å². The van der Waals surface area contributed by atoms with Crippen LogP contribution in [-0.2, 0) is 0 Å². The Bertz CT molecular complexity index is 767. The minimum absolute atomic E-state index is 0.119. The number of nitrogens with zero attached hydrogens (tertiary/aromatic N) is 2. The lowest BCUT2D eigenvalue weighted by atomic mass is 10.2. The van der Waals surface area contributed by atoms with Crippen molar-refractivity contribution < 1.29 is 4.79 Å². The van der Waals surface area contributed by atoms with E-state index in [0.717, 1.165) is 5.56 Å². The number of rotatable bonds is 4. The van der Waals surface area contributed by atoms with Crippen LogP contribution in [0.15, 0.2) is 41.8 Å². The van der Waals surface area contributed by atoms with Gasteiger partial charge in [-0.2, -0.15) is 5.10 Å². The van der Waals surface area contributed by atoms with Gasteiger partial charge in [0.2, 0.25) is 0 Å². The molecule has 0 unspecified atom stereocenters. The first-order valence-electron chi connectivity index (χ1n) is 6.66. The Hall–Kier alpha value is -2.18. The molecule has 0 aliphatic carbocycles. The summed E-state index contributed by atoms with van der Waals surface area (Å²) in [6.45, 7) is 1.86. The lowest BCUT2D eigenvalue weighted by molar-refractivity contribution is 0.0942. The number of aromatic nitrogens is 3. The number of hydrogen-bond donors (Lipinski definition) is 2. The maximum atomic E-state index is 12.0. The molecule has 3 aromatic rings. The maximum absolute atomic E-state index is 12.0. The monoisotopic (exact) mass is 332 g/mol. The van der Waals surface area contributed by atoms with Gasteiger partial charge in [-0.1, -0.05) is 17.7 Å². The lowest BCUT2D eigenvalue weighted by Crippen LogP contribution is -2.26. The van der Waals surface area contributed by atoms with E-state index in [1.54, 1.807) is 18.2 Å². The number of amides is 1. The van der Waals surface area contributed by atoms with Gasteiger partial charge < -0.3 is 5.32 Å². The molecule has 0 saturated carbocycles. The second-order valence-corrected chi connectivity index (χ2v) is 6.11. The van der Waals surface area contributed by atoms with Crippen LogP contribution in [0.3, 0.4) is 0 Å². The number of aromatic amines is 1. The summed E-state index contributed by atoms with van der Waals surface area (Å²) < 4.78 is 0. The number of H-pyrrole nitrogens is 1. The third-order valence-electron chi connectivity index (χ3n) is 3.11. The van der Waals surface area contributed by atoms with Gasteiger partial charge in [0, 0.05) is 10.6 Å². The molecule has 1 aromatic carbocycles. The molecule has 1 atom stereocenters. The third kappa shape index (κ3) is 3.18. The van der Waals surface area contributed by atoms with Crippen molar-refractivity contribution in [2.45, 2.75) is 13.0 Å². The number of hydrogen-bond acceptors (Lipinski definition) is 4. The van der Waals surface area contributed by atoms with E-state index in [2.05, 4.69) is 20.5 Å². The van der Waals surface area contributed by atoms with Gasteiger partial charge in [0.25, 0.3) is 5.91 Å². The molecule has 0 spiro atoms. The van der Waals surface area contributed by atoms with E-state index in [1.807, 2.05) is 30.5 Å². The Kier molecular flexibility index (Phi) is 4.22. The summed E-state index contributed by atoms with van der Waals surface area (Å²) in [6, 6.07) is 10.6. The summed E-state index contributed by atoms with van der Waals surface area (Å²) >= 11 is 7.27. The predicted octanol–water partition coefficient (Wildman–Crippen LogP) is 3.68. The molecule has 2 N–H and O–H groups in total. The summed E-state index contributed by atoms with van der Waals surface area (Å²) in [5.74, 6) is 1.06. The minimum Gasteiger partial charge on any atom is -0.342 e. The zero-order valence-corrected chi connectivity index (χ0v) is 13.3. The van der Waals surface area contributed by atoms with E-state index in [-0.39, 0.29) is 11.9 Å². The first-order chi connectivity index (χ1) is 10.6. The average molecular weight is 333 g/mol. The molecule has 5 nitrogen and oxygen atoms in total. The lowest BCUT2D eigenvalue weighted by Gasteiger charge is -2.09. The fourth-order valence-corrected chi connectivity index (χ4v) is 2.69. The van der Waals surface area contributed by atoms with Gasteiger partial charge in [0.15, 0.2) is 5.82 Å². The third-order valence-corrected chi connectivity index (χ3v) is 4.23. The largest absolute Gasteiger partial charge is 0.342 e. The molecule has 2 aromatic heterocycles. The first-order valence-corrected chi connectivity index (χ1v) is 7.92. The van der Waals surface area contributed by atoms with Crippen molar-refractivity contribution in [3.05, 3.63) is 57.5 Å². The molecule has 0 radical (unpaired) electrons. The van der Waals surface area contributed by atoms with Crippen LogP contribution in [0.5, 0.6) is 0 Å². The number of halogens is 1. The van der Waals surface area contributed by atoms with Crippen molar-refractivity contribution in [3.63, 3.8) is 0 Å². The summed E-state index contributed by atoms with van der Waals surface area (Å²) in [6.07, 6.45) is 0. The van der Waals surface area contributed by atoms with Crippen LogP contribution >= 0.6 is 22.9 Å². The molecule has 0 saturated heterocycles. The van der Waals surface area contributed by atoms with Crippen molar-refractivity contribution >= 4 is 28.8 Å². The smallest absolute Gasteiger partial charge is 0.261 e. The molecule has 2 heterocycles. The van der Waals surface area contributed by atoms with Crippen molar-refractivity contribution in [2.75, 3.05) is 0 Å². The van der Waals surface area contributed by atoms with Crippen LogP contribution in [0.2, 0.25) is 5.02 Å². The molecule has 112 valence electrons. The highest BCUT2D eigenvalue weighted by atomic mass is 35.5. The fraction of sp³-hybridized carbons (Fsp3) is 0.133. The van der Waals surface area contributed by atoms with Crippen LogP contribution in [-0.4, -0.2) is 21.1 Å². The summed E-state index contributed by atoms with van der Waals surface area (Å²) in [5.41, 5.74) is 0.865. The highest BCUT2D eigenvalue weighted by molar-refractivity contribution is 7.12. The molecule has 3 rings (SSSR count). The summed E-state index contributed by atoms with van der Waals surface area (Å²) in [7, 11) is 0. The molecular weight excluding hydrogens is 320 g/mol. The van der Waals surface area contributed by atoms with Gasteiger partial charge in [0.1, 0.15) is 5.82 Å². The van der Waals surface area contributed by atoms with Gasteiger partial charge in [-0.25, -0.2) is 4.98 Å². The van der Waals surface area contributed by atoms with Crippen molar-refractivity contribution in [2.24, 2.45) is 0 Å². The van der Waals surface area contributed by atoms with Crippen LogP contribution in [0.4, 0.5) is 0 Å².